The molecule has 0 aromatic heterocycles. The Labute approximate surface area is 139 Å². The lowest BCUT2D eigenvalue weighted by Gasteiger charge is -2.21. The lowest BCUT2D eigenvalue weighted by molar-refractivity contribution is 0.147. The normalized spacial score (nSPS) is 27.3. The number of carbonyl (C=O) groups excluding carboxylic acids is 1. The van der Waals surface area contributed by atoms with Gasteiger partial charge >= 0.3 is 16.4 Å². The van der Waals surface area contributed by atoms with E-state index in [-0.39, 0.29) is 18.6 Å². The third-order valence-electron chi connectivity index (χ3n) is 4.55. The van der Waals surface area contributed by atoms with Crippen LogP contribution in [0.2, 0.25) is 0 Å². The summed E-state index contributed by atoms with van der Waals surface area (Å²) < 4.78 is 36.5. The smallest absolute Gasteiger partial charge is 0.411 e. The highest BCUT2D eigenvalue weighted by Crippen LogP contribution is 2.33. The number of ether oxygens (including phenoxy) is 1. The molecule has 23 heavy (non-hydrogen) atoms. The molecule has 1 amide bonds. The van der Waals surface area contributed by atoms with Crippen molar-refractivity contribution >= 4 is 16.4 Å². The largest absolute Gasteiger partial charge is 0.447 e. The molecule has 2 saturated heterocycles. The summed E-state index contributed by atoms with van der Waals surface area (Å²) >= 11 is 0. The van der Waals surface area contributed by atoms with E-state index in [2.05, 4.69) is 11.6 Å². The minimum Gasteiger partial charge on any atom is -0.447 e. The first-order chi connectivity index (χ1) is 10.9. The molecule has 2 unspecified atom stereocenters. The molecule has 7 nitrogen and oxygen atoms in total. The standard InChI is InChI=1S/C15H28N2O5S/c1-3-4-5-6-7-8-9-22-23(19,20)16-14-10-12(2)13-11-21-15(18)17(13)14/h12-14,16H,3-11H2,1-2H3/t12-,13?,14?/m0/s1. The summed E-state index contributed by atoms with van der Waals surface area (Å²) in [5.74, 6) is 0.202. The van der Waals surface area contributed by atoms with Crippen LogP contribution in [0.3, 0.4) is 0 Å². The van der Waals surface area contributed by atoms with Crippen LogP contribution >= 0.6 is 0 Å². The number of hydrogen-bond donors (Lipinski definition) is 1. The second-order valence-corrected chi connectivity index (χ2v) is 7.82. The third-order valence-corrected chi connectivity index (χ3v) is 5.59. The van der Waals surface area contributed by atoms with E-state index in [1.54, 1.807) is 0 Å². The molecular formula is C15H28N2O5S. The van der Waals surface area contributed by atoms with Gasteiger partial charge < -0.3 is 4.74 Å². The second-order valence-electron chi connectivity index (χ2n) is 6.44. The van der Waals surface area contributed by atoms with E-state index < -0.39 is 22.6 Å². The topological polar surface area (TPSA) is 84.9 Å². The Morgan fingerprint density at radius 1 is 1.26 bits per heavy atom. The van der Waals surface area contributed by atoms with Crippen molar-refractivity contribution < 1.29 is 22.1 Å². The van der Waals surface area contributed by atoms with Crippen molar-refractivity contribution in [2.24, 2.45) is 5.92 Å². The predicted octanol–water partition coefficient (Wildman–Crippen LogP) is 2.38. The highest BCUT2D eigenvalue weighted by molar-refractivity contribution is 7.84. The number of carbonyl (C=O) groups is 1. The first kappa shape index (κ1) is 18.5. The Kier molecular flexibility index (Phi) is 6.67. The fourth-order valence-corrected chi connectivity index (χ4v) is 4.17. The van der Waals surface area contributed by atoms with Gasteiger partial charge in [-0.15, -0.1) is 0 Å². The third kappa shape index (κ3) is 5.06. The van der Waals surface area contributed by atoms with Gasteiger partial charge in [-0.3, -0.25) is 9.08 Å². The number of nitrogens with zero attached hydrogens (tertiary/aromatic N) is 1. The quantitative estimate of drug-likeness (QED) is 0.613. The molecule has 0 radical (unpaired) electrons. The van der Waals surface area contributed by atoms with Crippen LogP contribution in [0.5, 0.6) is 0 Å². The van der Waals surface area contributed by atoms with Gasteiger partial charge in [0.1, 0.15) is 12.8 Å². The van der Waals surface area contributed by atoms with Gasteiger partial charge in [-0.05, 0) is 18.8 Å². The van der Waals surface area contributed by atoms with E-state index in [0.717, 1.165) is 19.3 Å². The molecule has 0 saturated carbocycles. The van der Waals surface area contributed by atoms with Crippen molar-refractivity contribution in [2.75, 3.05) is 13.2 Å². The molecule has 0 bridgehead atoms. The van der Waals surface area contributed by atoms with E-state index in [0.29, 0.717) is 13.0 Å². The maximum Gasteiger partial charge on any atom is 0.411 e. The number of amides is 1. The molecule has 0 aliphatic carbocycles. The van der Waals surface area contributed by atoms with Crippen molar-refractivity contribution in [3.63, 3.8) is 0 Å². The fraction of sp³-hybridized carbons (Fsp3) is 0.933. The number of rotatable bonds is 10. The van der Waals surface area contributed by atoms with Crippen molar-refractivity contribution in [3.05, 3.63) is 0 Å². The summed E-state index contributed by atoms with van der Waals surface area (Å²) in [7, 11) is -3.85. The van der Waals surface area contributed by atoms with Gasteiger partial charge in [0, 0.05) is 0 Å². The van der Waals surface area contributed by atoms with E-state index >= 15 is 0 Å². The summed E-state index contributed by atoms with van der Waals surface area (Å²) in [5.41, 5.74) is 0. The molecule has 3 atom stereocenters. The van der Waals surface area contributed by atoms with Crippen LogP contribution in [0.1, 0.15) is 58.8 Å². The SMILES string of the molecule is CCCCCCCCOS(=O)(=O)NC1C[C@H](C)C2COC(=O)N12. The molecule has 2 aliphatic heterocycles. The Balaban J connectivity index is 1.72. The lowest BCUT2D eigenvalue weighted by atomic mass is 10.0. The van der Waals surface area contributed by atoms with Crippen molar-refractivity contribution in [2.45, 2.75) is 71.0 Å². The van der Waals surface area contributed by atoms with Crippen molar-refractivity contribution in [3.8, 4) is 0 Å². The molecule has 0 aromatic rings. The summed E-state index contributed by atoms with van der Waals surface area (Å²) in [4.78, 5) is 13.2. The van der Waals surface area contributed by atoms with Crippen LogP contribution in [0.25, 0.3) is 0 Å². The Morgan fingerprint density at radius 3 is 2.70 bits per heavy atom. The van der Waals surface area contributed by atoms with E-state index in [4.69, 9.17) is 8.92 Å². The molecule has 0 spiro atoms. The van der Waals surface area contributed by atoms with E-state index in [1.807, 2.05) is 6.92 Å². The molecule has 2 rings (SSSR count). The van der Waals surface area contributed by atoms with Gasteiger partial charge in [0.25, 0.3) is 0 Å². The second kappa shape index (κ2) is 8.30. The Morgan fingerprint density at radius 2 is 1.96 bits per heavy atom. The zero-order chi connectivity index (χ0) is 16.9. The van der Waals surface area contributed by atoms with Gasteiger partial charge in [0.15, 0.2) is 0 Å². The van der Waals surface area contributed by atoms with E-state index in [9.17, 15) is 13.2 Å². The Hall–Kier alpha value is -0.860. The fourth-order valence-electron chi connectivity index (χ4n) is 3.22. The van der Waals surface area contributed by atoms with Crippen LogP contribution in [-0.4, -0.2) is 44.8 Å². The zero-order valence-electron chi connectivity index (χ0n) is 14.0. The van der Waals surface area contributed by atoms with Gasteiger partial charge in [-0.1, -0.05) is 46.0 Å². The minimum atomic E-state index is -3.85. The van der Waals surface area contributed by atoms with Gasteiger partial charge in [0.2, 0.25) is 0 Å². The zero-order valence-corrected chi connectivity index (χ0v) is 14.8. The number of nitrogens with one attached hydrogen (secondary N) is 1. The minimum absolute atomic E-state index is 0.0474. The lowest BCUT2D eigenvalue weighted by Crippen LogP contribution is -2.47. The number of unbranched alkanes of at least 4 members (excludes halogenated alkanes) is 5. The van der Waals surface area contributed by atoms with Crippen molar-refractivity contribution in [1.82, 2.24) is 9.62 Å². The van der Waals surface area contributed by atoms with Crippen molar-refractivity contribution in [1.29, 1.82) is 0 Å². The summed E-state index contributed by atoms with van der Waals surface area (Å²) in [5, 5.41) is 0. The molecule has 2 aliphatic rings. The van der Waals surface area contributed by atoms with Crippen LogP contribution in [-0.2, 0) is 19.2 Å². The molecule has 0 aromatic carbocycles. The molecular weight excluding hydrogens is 320 g/mol. The molecule has 2 heterocycles. The van der Waals surface area contributed by atoms with Gasteiger partial charge in [0.05, 0.1) is 12.6 Å². The monoisotopic (exact) mass is 348 g/mol. The van der Waals surface area contributed by atoms with Gasteiger partial charge in [-0.25, -0.2) is 4.79 Å². The number of fused-ring (bicyclic) bond motifs is 1. The summed E-state index contributed by atoms with van der Waals surface area (Å²) in [6.07, 6.45) is 5.94. The Bertz CT molecular complexity index is 496. The first-order valence-corrected chi connectivity index (χ1v) is 9.97. The van der Waals surface area contributed by atoms with Gasteiger partial charge in [-0.2, -0.15) is 13.1 Å². The summed E-state index contributed by atoms with van der Waals surface area (Å²) in [6, 6.07) is -0.0474. The predicted molar refractivity (Wildman–Crippen MR) is 85.9 cm³/mol. The van der Waals surface area contributed by atoms with Crippen LogP contribution in [0.15, 0.2) is 0 Å². The van der Waals surface area contributed by atoms with Crippen LogP contribution < -0.4 is 4.72 Å². The molecule has 134 valence electrons. The average molecular weight is 348 g/mol. The van der Waals surface area contributed by atoms with Crippen LogP contribution in [0.4, 0.5) is 4.79 Å². The first-order valence-electron chi connectivity index (χ1n) is 8.56. The average Bonchev–Trinajstić information content (AvgIpc) is 3.00. The maximum absolute atomic E-state index is 12.0. The molecule has 1 N–H and O–H groups in total. The highest BCUT2D eigenvalue weighted by Gasteiger charge is 2.48. The van der Waals surface area contributed by atoms with Crippen LogP contribution in [0, 0.1) is 5.92 Å². The highest BCUT2D eigenvalue weighted by atomic mass is 32.2. The number of hydrogen-bond acceptors (Lipinski definition) is 5. The molecule has 2 fully saturated rings. The maximum atomic E-state index is 12.0. The molecule has 8 heteroatoms. The summed E-state index contributed by atoms with van der Waals surface area (Å²) in [6.45, 7) is 4.66. The van der Waals surface area contributed by atoms with E-state index in [1.165, 1.54) is 24.2 Å². The number of cyclic esters (lactones) is 1.